The largest absolute Gasteiger partial charge is 0.469 e. The Labute approximate surface area is 122 Å². The van der Waals surface area contributed by atoms with Gasteiger partial charge in [0.05, 0.1) is 31.4 Å². The number of methoxy groups -OCH3 is 1. The van der Waals surface area contributed by atoms with Crippen molar-refractivity contribution in [3.63, 3.8) is 0 Å². The minimum atomic E-state index is -0.427. The van der Waals surface area contributed by atoms with Crippen LogP contribution in [-0.4, -0.2) is 40.9 Å². The van der Waals surface area contributed by atoms with Crippen LogP contribution in [0, 0.1) is 6.92 Å². The number of ether oxygens (including phenoxy) is 2. The first-order chi connectivity index (χ1) is 9.47. The first kappa shape index (κ1) is 16.4. The van der Waals surface area contributed by atoms with Gasteiger partial charge >= 0.3 is 11.9 Å². The molecule has 1 unspecified atom stereocenters. The molecule has 1 rings (SSSR count). The molecular formula is C13H18N2O4S. The Kier molecular flexibility index (Phi) is 6.44. The van der Waals surface area contributed by atoms with E-state index < -0.39 is 5.97 Å². The van der Waals surface area contributed by atoms with Crippen LogP contribution < -0.4 is 0 Å². The number of nitrogens with zero attached hydrogens (tertiary/aromatic N) is 2. The molecule has 0 spiro atoms. The van der Waals surface area contributed by atoms with E-state index in [1.807, 2.05) is 6.92 Å². The van der Waals surface area contributed by atoms with E-state index >= 15 is 0 Å². The summed E-state index contributed by atoms with van der Waals surface area (Å²) in [4.78, 5) is 31.1. The van der Waals surface area contributed by atoms with E-state index in [1.54, 1.807) is 13.8 Å². The molecule has 1 atom stereocenters. The maximum atomic E-state index is 11.6. The highest BCUT2D eigenvalue weighted by Gasteiger charge is 2.16. The number of esters is 2. The second-order valence-corrected chi connectivity index (χ2v) is 5.49. The van der Waals surface area contributed by atoms with E-state index in [9.17, 15) is 9.59 Å². The molecule has 0 fully saturated rings. The highest BCUT2D eigenvalue weighted by atomic mass is 32.2. The molecule has 1 aromatic heterocycles. The van der Waals surface area contributed by atoms with Crippen molar-refractivity contribution >= 4 is 23.7 Å². The number of aryl methyl sites for hydroxylation is 1. The summed E-state index contributed by atoms with van der Waals surface area (Å²) in [5.74, 6) is -0.700. The summed E-state index contributed by atoms with van der Waals surface area (Å²) in [7, 11) is 1.36. The van der Waals surface area contributed by atoms with Gasteiger partial charge in [-0.15, -0.1) is 0 Å². The van der Waals surface area contributed by atoms with Crippen molar-refractivity contribution in [1.82, 2.24) is 9.97 Å². The fourth-order valence-corrected chi connectivity index (χ4v) is 2.33. The zero-order chi connectivity index (χ0) is 15.1. The minimum absolute atomic E-state index is 0.00436. The number of hydrogen-bond acceptors (Lipinski definition) is 7. The van der Waals surface area contributed by atoms with Crippen LogP contribution in [0.2, 0.25) is 0 Å². The predicted molar refractivity (Wildman–Crippen MR) is 74.7 cm³/mol. The van der Waals surface area contributed by atoms with Gasteiger partial charge in [-0.1, -0.05) is 18.7 Å². The fraction of sp³-hybridized carbons (Fsp3) is 0.538. The maximum absolute atomic E-state index is 11.6. The van der Waals surface area contributed by atoms with E-state index in [0.29, 0.717) is 23.0 Å². The third kappa shape index (κ3) is 4.80. The zero-order valence-corrected chi connectivity index (χ0v) is 12.8. The van der Waals surface area contributed by atoms with Crippen LogP contribution in [0.4, 0.5) is 0 Å². The molecule has 0 aromatic carbocycles. The normalized spacial score (nSPS) is 11.8. The topological polar surface area (TPSA) is 78.4 Å². The molecular weight excluding hydrogens is 280 g/mol. The van der Waals surface area contributed by atoms with E-state index in [0.717, 1.165) is 0 Å². The molecule has 0 aliphatic heterocycles. The number of carbonyl (C=O) groups is 2. The van der Waals surface area contributed by atoms with Crippen LogP contribution >= 0.6 is 11.8 Å². The van der Waals surface area contributed by atoms with E-state index in [4.69, 9.17) is 4.74 Å². The molecule has 7 heteroatoms. The summed E-state index contributed by atoms with van der Waals surface area (Å²) in [5.41, 5.74) is 0.919. The first-order valence-corrected chi connectivity index (χ1v) is 7.10. The fourth-order valence-electron chi connectivity index (χ4n) is 1.45. The lowest BCUT2D eigenvalue weighted by Crippen LogP contribution is -2.11. The predicted octanol–water partition coefficient (Wildman–Crippen LogP) is 2.01. The standard InChI is InChI=1S/C13H18N2O4S/c1-5-19-12(17)10-7-14-13(15-9(10)3)20-8(2)6-11(16)18-4/h7-8H,5-6H2,1-4H3. The molecule has 0 N–H and O–H groups in total. The van der Waals surface area contributed by atoms with Gasteiger partial charge in [-0.2, -0.15) is 0 Å². The van der Waals surface area contributed by atoms with Gasteiger partial charge in [-0.3, -0.25) is 4.79 Å². The first-order valence-electron chi connectivity index (χ1n) is 6.22. The van der Waals surface area contributed by atoms with Gasteiger partial charge in [-0.25, -0.2) is 14.8 Å². The van der Waals surface area contributed by atoms with Gasteiger partial charge in [0.1, 0.15) is 0 Å². The molecule has 0 saturated carbocycles. The molecule has 0 bridgehead atoms. The smallest absolute Gasteiger partial charge is 0.341 e. The number of rotatable bonds is 6. The van der Waals surface area contributed by atoms with E-state index in [1.165, 1.54) is 25.1 Å². The van der Waals surface area contributed by atoms with Gasteiger partial charge < -0.3 is 9.47 Å². The van der Waals surface area contributed by atoms with Crippen molar-refractivity contribution in [2.24, 2.45) is 0 Å². The zero-order valence-electron chi connectivity index (χ0n) is 12.0. The van der Waals surface area contributed by atoms with E-state index in [-0.39, 0.29) is 17.6 Å². The second kappa shape index (κ2) is 7.84. The summed E-state index contributed by atoms with van der Waals surface area (Å²) in [6, 6.07) is 0. The Bertz CT molecular complexity index is 493. The van der Waals surface area contributed by atoms with Crippen molar-refractivity contribution in [3.8, 4) is 0 Å². The van der Waals surface area contributed by atoms with Crippen molar-refractivity contribution in [2.75, 3.05) is 13.7 Å². The van der Waals surface area contributed by atoms with Crippen molar-refractivity contribution in [3.05, 3.63) is 17.5 Å². The molecule has 0 aliphatic rings. The Hall–Kier alpha value is -1.63. The number of carbonyl (C=O) groups excluding carboxylic acids is 2. The van der Waals surface area contributed by atoms with Gasteiger partial charge in [0, 0.05) is 11.4 Å². The summed E-state index contributed by atoms with van der Waals surface area (Å²) < 4.78 is 9.52. The van der Waals surface area contributed by atoms with Crippen LogP contribution in [0.25, 0.3) is 0 Å². The lowest BCUT2D eigenvalue weighted by Gasteiger charge is -2.10. The Morgan fingerprint density at radius 3 is 2.70 bits per heavy atom. The Morgan fingerprint density at radius 2 is 2.15 bits per heavy atom. The summed E-state index contributed by atoms with van der Waals surface area (Å²) >= 11 is 1.36. The Morgan fingerprint density at radius 1 is 1.45 bits per heavy atom. The maximum Gasteiger partial charge on any atom is 0.341 e. The lowest BCUT2D eigenvalue weighted by atomic mass is 10.2. The van der Waals surface area contributed by atoms with Crippen LogP contribution in [0.1, 0.15) is 36.3 Å². The van der Waals surface area contributed by atoms with E-state index in [2.05, 4.69) is 14.7 Å². The molecule has 0 saturated heterocycles. The molecule has 0 aliphatic carbocycles. The summed E-state index contributed by atoms with van der Waals surface area (Å²) in [6.45, 7) is 5.67. The molecule has 20 heavy (non-hydrogen) atoms. The number of thioether (sulfide) groups is 1. The SMILES string of the molecule is CCOC(=O)c1cnc(SC(C)CC(=O)OC)nc1C. The highest BCUT2D eigenvalue weighted by Crippen LogP contribution is 2.22. The highest BCUT2D eigenvalue weighted by molar-refractivity contribution is 7.99. The second-order valence-electron chi connectivity index (χ2n) is 4.08. The summed E-state index contributed by atoms with van der Waals surface area (Å²) in [6.07, 6.45) is 1.73. The van der Waals surface area contributed by atoms with Crippen molar-refractivity contribution < 1.29 is 19.1 Å². The van der Waals surface area contributed by atoms with Crippen LogP contribution in [0.5, 0.6) is 0 Å². The molecule has 6 nitrogen and oxygen atoms in total. The van der Waals surface area contributed by atoms with Crippen molar-refractivity contribution in [1.29, 1.82) is 0 Å². The molecule has 0 radical (unpaired) electrons. The van der Waals surface area contributed by atoms with Crippen LogP contribution in [-0.2, 0) is 14.3 Å². The van der Waals surface area contributed by atoms with Gasteiger partial charge in [0.15, 0.2) is 5.16 Å². The average Bonchev–Trinajstić information content (AvgIpc) is 2.38. The monoisotopic (exact) mass is 298 g/mol. The molecule has 1 aromatic rings. The summed E-state index contributed by atoms with van der Waals surface area (Å²) in [5, 5.41) is 0.516. The van der Waals surface area contributed by atoms with Crippen LogP contribution in [0.15, 0.2) is 11.4 Å². The van der Waals surface area contributed by atoms with Crippen molar-refractivity contribution in [2.45, 2.75) is 37.6 Å². The third-order valence-corrected chi connectivity index (χ3v) is 3.42. The lowest BCUT2D eigenvalue weighted by molar-refractivity contribution is -0.140. The van der Waals surface area contributed by atoms with Gasteiger partial charge in [0.25, 0.3) is 0 Å². The Balaban J connectivity index is 2.72. The third-order valence-electron chi connectivity index (χ3n) is 2.44. The van der Waals surface area contributed by atoms with Gasteiger partial charge in [0.2, 0.25) is 0 Å². The molecule has 0 amide bonds. The molecule has 110 valence electrons. The molecule has 1 heterocycles. The minimum Gasteiger partial charge on any atom is -0.469 e. The quantitative estimate of drug-likeness (QED) is 0.451. The number of aromatic nitrogens is 2. The van der Waals surface area contributed by atoms with Gasteiger partial charge in [-0.05, 0) is 13.8 Å². The number of hydrogen-bond donors (Lipinski definition) is 0. The average molecular weight is 298 g/mol. The van der Waals surface area contributed by atoms with Crippen LogP contribution in [0.3, 0.4) is 0 Å².